The van der Waals surface area contributed by atoms with E-state index in [9.17, 15) is 19.2 Å². The average molecular weight is 676 g/mol. The van der Waals surface area contributed by atoms with Crippen molar-refractivity contribution in [1.29, 1.82) is 0 Å². The zero-order valence-corrected chi connectivity index (χ0v) is 28.0. The van der Waals surface area contributed by atoms with Gasteiger partial charge in [-0.05, 0) is 66.9 Å². The topological polar surface area (TPSA) is 114 Å². The van der Waals surface area contributed by atoms with Gasteiger partial charge < -0.3 is 20.7 Å². The molecule has 1 heterocycles. The number of carbonyl (C=O) groups is 4. The van der Waals surface area contributed by atoms with E-state index in [-0.39, 0.29) is 24.0 Å². The maximum Gasteiger partial charge on any atom is 0.341 e. The first kappa shape index (κ1) is 33.9. The molecule has 8 nitrogen and oxygen atoms in total. The van der Waals surface area contributed by atoms with Gasteiger partial charge in [0.2, 0.25) is 5.91 Å². The summed E-state index contributed by atoms with van der Waals surface area (Å²) in [5.74, 6) is -1.65. The SMILES string of the molecule is CCOC(=O)c1c(-c2ccccc2)csc1NC(=O)CSc1cccc(NC(=O)/C(=C/c2ccccc2C)NC(=O)c2ccccc2)c1. The quantitative estimate of drug-likeness (QED) is 0.0701. The molecule has 0 saturated heterocycles. The van der Waals surface area contributed by atoms with Crippen molar-refractivity contribution in [3.05, 3.63) is 143 Å². The summed E-state index contributed by atoms with van der Waals surface area (Å²) in [6.45, 7) is 3.87. The summed E-state index contributed by atoms with van der Waals surface area (Å²) in [5.41, 5.74) is 4.60. The molecule has 0 fully saturated rings. The molecule has 5 aromatic rings. The number of hydrogen-bond acceptors (Lipinski definition) is 7. The highest BCUT2D eigenvalue weighted by atomic mass is 32.2. The molecule has 3 N–H and O–H groups in total. The zero-order chi connectivity index (χ0) is 33.9. The van der Waals surface area contributed by atoms with Gasteiger partial charge in [-0.2, -0.15) is 0 Å². The second-order valence-electron chi connectivity index (χ2n) is 10.5. The molecule has 242 valence electrons. The van der Waals surface area contributed by atoms with Gasteiger partial charge in [-0.25, -0.2) is 4.79 Å². The van der Waals surface area contributed by atoms with Crippen molar-refractivity contribution in [3.8, 4) is 11.1 Å². The number of ether oxygens (including phenoxy) is 1. The van der Waals surface area contributed by atoms with E-state index < -0.39 is 17.8 Å². The third-order valence-corrected chi connectivity index (χ3v) is 8.98. The van der Waals surface area contributed by atoms with E-state index in [1.807, 2.05) is 79.0 Å². The Morgan fingerprint density at radius 2 is 1.54 bits per heavy atom. The molecule has 0 aliphatic rings. The third kappa shape index (κ3) is 8.87. The highest BCUT2D eigenvalue weighted by Crippen LogP contribution is 2.36. The summed E-state index contributed by atoms with van der Waals surface area (Å²) in [6.07, 6.45) is 1.65. The Balaban J connectivity index is 1.27. The van der Waals surface area contributed by atoms with Gasteiger partial charge in [0.1, 0.15) is 16.3 Å². The lowest BCUT2D eigenvalue weighted by Gasteiger charge is -2.13. The van der Waals surface area contributed by atoms with Gasteiger partial charge in [0.05, 0.1) is 12.4 Å². The van der Waals surface area contributed by atoms with Gasteiger partial charge in [-0.3, -0.25) is 14.4 Å². The molecular weight excluding hydrogens is 643 g/mol. The van der Waals surface area contributed by atoms with Crippen LogP contribution in [0.3, 0.4) is 0 Å². The Morgan fingerprint density at radius 1 is 0.833 bits per heavy atom. The summed E-state index contributed by atoms with van der Waals surface area (Å²) in [5, 5.41) is 10.8. The number of nitrogens with one attached hydrogen (secondary N) is 3. The summed E-state index contributed by atoms with van der Waals surface area (Å²) in [4.78, 5) is 53.2. The molecule has 5 rings (SSSR count). The van der Waals surface area contributed by atoms with Gasteiger partial charge in [0.25, 0.3) is 11.8 Å². The maximum absolute atomic E-state index is 13.5. The number of aryl methyl sites for hydroxylation is 1. The van der Waals surface area contributed by atoms with Crippen molar-refractivity contribution in [1.82, 2.24) is 5.32 Å². The molecular formula is C38H33N3O5S2. The second kappa shape index (κ2) is 16.4. The van der Waals surface area contributed by atoms with Crippen LogP contribution < -0.4 is 16.0 Å². The standard InChI is InChI=1S/C38H33N3O5S2/c1-3-46-38(45)34-31(26-14-6-4-7-15-26)23-48-37(34)41-33(42)24-47-30-20-12-19-29(22-30)39-36(44)32(21-28-18-11-10-13-25(28)2)40-35(43)27-16-8-5-9-17-27/h4-23H,3,24H2,1-2H3,(H,39,44)(H,40,43)(H,41,42)/b32-21-. The lowest BCUT2D eigenvalue weighted by atomic mass is 10.0. The van der Waals surface area contributed by atoms with Crippen molar-refractivity contribution in [3.63, 3.8) is 0 Å². The normalized spacial score (nSPS) is 11.0. The van der Waals surface area contributed by atoms with E-state index in [4.69, 9.17) is 4.74 Å². The van der Waals surface area contributed by atoms with Gasteiger partial charge in [-0.15, -0.1) is 23.1 Å². The number of benzene rings is 4. The van der Waals surface area contributed by atoms with E-state index in [2.05, 4.69) is 16.0 Å². The van der Waals surface area contributed by atoms with Crippen LogP contribution in [0.25, 0.3) is 17.2 Å². The van der Waals surface area contributed by atoms with Gasteiger partial charge >= 0.3 is 5.97 Å². The molecule has 1 aromatic heterocycles. The van der Waals surface area contributed by atoms with Crippen LogP contribution in [0.1, 0.15) is 38.8 Å². The van der Waals surface area contributed by atoms with Gasteiger partial charge in [0.15, 0.2) is 0 Å². The van der Waals surface area contributed by atoms with Crippen LogP contribution >= 0.6 is 23.1 Å². The predicted molar refractivity (Wildman–Crippen MR) is 193 cm³/mol. The van der Waals surface area contributed by atoms with Crippen LogP contribution in [0, 0.1) is 6.92 Å². The number of anilines is 2. The first-order valence-corrected chi connectivity index (χ1v) is 17.0. The van der Waals surface area contributed by atoms with Crippen LogP contribution in [0.15, 0.2) is 125 Å². The molecule has 0 aliphatic heterocycles. The molecule has 0 spiro atoms. The smallest absolute Gasteiger partial charge is 0.341 e. The highest BCUT2D eigenvalue weighted by Gasteiger charge is 2.23. The molecule has 0 aliphatic carbocycles. The monoisotopic (exact) mass is 675 g/mol. The molecule has 0 radical (unpaired) electrons. The van der Waals surface area contributed by atoms with Crippen molar-refractivity contribution < 1.29 is 23.9 Å². The van der Waals surface area contributed by atoms with E-state index in [1.54, 1.807) is 55.5 Å². The Morgan fingerprint density at radius 3 is 2.27 bits per heavy atom. The summed E-state index contributed by atoms with van der Waals surface area (Å²) in [7, 11) is 0. The van der Waals surface area contributed by atoms with Crippen LogP contribution in [0.5, 0.6) is 0 Å². The minimum atomic E-state index is -0.500. The van der Waals surface area contributed by atoms with E-state index in [0.29, 0.717) is 27.4 Å². The number of amides is 3. The molecule has 4 aromatic carbocycles. The van der Waals surface area contributed by atoms with Crippen LogP contribution in [-0.2, 0) is 14.3 Å². The number of rotatable bonds is 12. The second-order valence-corrected chi connectivity index (χ2v) is 12.4. The van der Waals surface area contributed by atoms with Crippen molar-refractivity contribution >= 4 is 63.6 Å². The Hall–Kier alpha value is -5.45. The maximum atomic E-state index is 13.5. The van der Waals surface area contributed by atoms with Crippen LogP contribution in [0.2, 0.25) is 0 Å². The van der Waals surface area contributed by atoms with Crippen molar-refractivity contribution in [2.24, 2.45) is 0 Å². The lowest BCUT2D eigenvalue weighted by Crippen LogP contribution is -2.30. The number of esters is 1. The van der Waals surface area contributed by atoms with Crippen LogP contribution in [-0.4, -0.2) is 36.1 Å². The third-order valence-electron chi connectivity index (χ3n) is 7.09. The fourth-order valence-corrected chi connectivity index (χ4v) is 6.43. The van der Waals surface area contributed by atoms with E-state index in [1.165, 1.54) is 23.1 Å². The Labute approximate surface area is 287 Å². The molecule has 0 atom stereocenters. The number of thioether (sulfide) groups is 1. The molecule has 0 bridgehead atoms. The highest BCUT2D eigenvalue weighted by molar-refractivity contribution is 8.00. The molecule has 0 saturated carbocycles. The predicted octanol–water partition coefficient (Wildman–Crippen LogP) is 8.04. The first-order chi connectivity index (χ1) is 23.3. The lowest BCUT2D eigenvalue weighted by molar-refractivity contribution is -0.114. The first-order valence-electron chi connectivity index (χ1n) is 15.1. The fraction of sp³-hybridized carbons (Fsp3) is 0.105. The molecule has 3 amide bonds. The molecule has 10 heteroatoms. The van der Waals surface area contributed by atoms with Crippen molar-refractivity contribution in [2.75, 3.05) is 23.0 Å². The largest absolute Gasteiger partial charge is 0.462 e. The summed E-state index contributed by atoms with van der Waals surface area (Å²) < 4.78 is 5.29. The van der Waals surface area contributed by atoms with Gasteiger partial charge in [0, 0.05) is 27.1 Å². The van der Waals surface area contributed by atoms with Crippen LogP contribution in [0.4, 0.5) is 10.7 Å². The fourth-order valence-electron chi connectivity index (χ4n) is 4.71. The molecule has 0 unspecified atom stereocenters. The number of thiophene rings is 1. The Bertz CT molecular complexity index is 1960. The van der Waals surface area contributed by atoms with E-state index >= 15 is 0 Å². The number of hydrogen-bond donors (Lipinski definition) is 3. The summed E-state index contributed by atoms with van der Waals surface area (Å²) >= 11 is 2.54. The van der Waals surface area contributed by atoms with Crippen molar-refractivity contribution in [2.45, 2.75) is 18.7 Å². The molecule has 48 heavy (non-hydrogen) atoms. The summed E-state index contributed by atoms with van der Waals surface area (Å²) in [6, 6.07) is 32.8. The average Bonchev–Trinajstić information content (AvgIpc) is 3.52. The van der Waals surface area contributed by atoms with E-state index in [0.717, 1.165) is 21.6 Å². The van der Waals surface area contributed by atoms with Gasteiger partial charge in [-0.1, -0.05) is 78.9 Å². The zero-order valence-electron chi connectivity index (χ0n) is 26.3. The number of carbonyl (C=O) groups excluding carboxylic acids is 4. The minimum absolute atomic E-state index is 0.0593. The minimum Gasteiger partial charge on any atom is -0.462 e. The Kier molecular flexibility index (Phi) is 11.6.